The molecular weight excluding hydrogens is 1210 g/mol. The van der Waals surface area contributed by atoms with Gasteiger partial charge in [-0.05, 0) is 114 Å². The molecule has 0 saturated carbocycles. The van der Waals surface area contributed by atoms with E-state index in [1.165, 1.54) is 104 Å². The van der Waals surface area contributed by atoms with Gasteiger partial charge in [0, 0.05) is 67.4 Å². The van der Waals surface area contributed by atoms with Gasteiger partial charge in [-0.3, -0.25) is 52.7 Å². The second-order valence-corrected chi connectivity index (χ2v) is 29.4. The molecule has 13 atom stereocenters. The van der Waals surface area contributed by atoms with Crippen molar-refractivity contribution >= 4 is 76.7 Å². The summed E-state index contributed by atoms with van der Waals surface area (Å²) >= 11 is 1.43. The summed E-state index contributed by atoms with van der Waals surface area (Å²) in [5.74, 6) is -9.07. The minimum atomic E-state index is -1.63. The first-order chi connectivity index (χ1) is 43.1. The molecule has 1 heterocycles. The lowest BCUT2D eigenvalue weighted by molar-refractivity contribution is -0.157. The van der Waals surface area contributed by atoms with E-state index >= 15 is 28.8 Å². The number of hydrogen-bond donors (Lipinski definition) is 5. The molecule has 1 aliphatic rings. The zero-order valence-corrected chi connectivity index (χ0v) is 62.4. The smallest absolute Gasteiger partial charge is 0.246 e. The second-order valence-electron chi connectivity index (χ2n) is 28.3. The van der Waals surface area contributed by atoms with Crippen molar-refractivity contribution in [2.24, 2.45) is 41.4 Å². The number of aliphatic hydroxyl groups is 1. The highest BCUT2D eigenvalue weighted by Gasteiger charge is 2.46. The van der Waals surface area contributed by atoms with Crippen molar-refractivity contribution < 1.29 is 57.8 Å². The summed E-state index contributed by atoms with van der Waals surface area (Å²) in [4.78, 5) is 175. The molecular formula is C68H124N12O12S. The van der Waals surface area contributed by atoms with Crippen molar-refractivity contribution in [2.45, 2.75) is 236 Å². The number of thioether (sulfide) groups is 1. The van der Waals surface area contributed by atoms with Crippen molar-refractivity contribution in [3.63, 3.8) is 0 Å². The third-order valence-electron chi connectivity index (χ3n) is 17.8. The standard InChI is InChI=1S/C68H124N12O12S/c1-27-30-31-45(16)57(81)56-61(85)71-48(28-2)63(87)78(24)53(38-93-33-32-73(19)29-3)66(90)74(20)50(35-40(6)7)60(84)72-54(43(12)13)67(91)75(21)49(34-39(4)5)59(83)69-46(17)58(82)70-47(18)62(86)76(22)51(36-41(8)9)64(88)77(23)52(37-42(10)11)65(89)79(25)55(44(14)15)68(92)80(56)26/h27,30,39-57,81H,28-29,31-38H2,1-26H3,(H,69,83)(H,70,82)(H,71,85)(H,72,84)/b30-27+/t45-,46+,47-,48+,49+,50+,51+,52+,53+,54+,55+,56+,57-/m1/s1. The molecule has 0 spiro atoms. The summed E-state index contributed by atoms with van der Waals surface area (Å²) in [5.41, 5.74) is 0. The van der Waals surface area contributed by atoms with Crippen LogP contribution < -0.4 is 21.3 Å². The topological polar surface area (TPSA) is 282 Å². The number of carbonyl (C=O) groups excluding carboxylic acids is 11. The van der Waals surface area contributed by atoms with Gasteiger partial charge in [-0.15, -0.1) is 0 Å². The molecule has 0 bridgehead atoms. The summed E-state index contributed by atoms with van der Waals surface area (Å²) in [7, 11) is 12.1. The number of nitrogens with one attached hydrogen (secondary N) is 4. The Kier molecular flexibility index (Phi) is 36.6. The predicted octanol–water partition coefficient (Wildman–Crippen LogP) is 4.32. The molecule has 0 unspecified atom stereocenters. The maximum atomic E-state index is 15.4. The van der Waals surface area contributed by atoms with E-state index in [-0.39, 0.29) is 61.5 Å². The fourth-order valence-corrected chi connectivity index (χ4v) is 12.8. The molecule has 25 heteroatoms. The Morgan fingerprint density at radius 3 is 1.33 bits per heavy atom. The fourth-order valence-electron chi connectivity index (χ4n) is 11.6. The van der Waals surface area contributed by atoms with Gasteiger partial charge in [0.25, 0.3) is 0 Å². The Morgan fingerprint density at radius 1 is 0.473 bits per heavy atom. The lowest BCUT2D eigenvalue weighted by Crippen LogP contribution is -2.64. The van der Waals surface area contributed by atoms with Crippen molar-refractivity contribution in [3.05, 3.63) is 12.2 Å². The third-order valence-corrected chi connectivity index (χ3v) is 18.8. The van der Waals surface area contributed by atoms with Crippen LogP contribution in [0.5, 0.6) is 0 Å². The van der Waals surface area contributed by atoms with E-state index in [1.807, 2.05) is 82.4 Å². The van der Waals surface area contributed by atoms with E-state index in [9.17, 15) is 29.1 Å². The molecule has 1 aliphatic heterocycles. The van der Waals surface area contributed by atoms with Crippen molar-refractivity contribution in [2.75, 3.05) is 81.0 Å². The largest absolute Gasteiger partial charge is 0.390 e. The van der Waals surface area contributed by atoms with Crippen LogP contribution in [0, 0.1) is 41.4 Å². The Morgan fingerprint density at radius 2 is 0.882 bits per heavy atom. The van der Waals surface area contributed by atoms with Crippen molar-refractivity contribution in [1.29, 1.82) is 0 Å². The molecule has 0 aromatic rings. The van der Waals surface area contributed by atoms with E-state index in [0.717, 1.165) is 11.4 Å². The maximum Gasteiger partial charge on any atom is 0.246 e. The average Bonchev–Trinajstić information content (AvgIpc) is 0.848. The van der Waals surface area contributed by atoms with Crippen LogP contribution in [0.2, 0.25) is 0 Å². The van der Waals surface area contributed by atoms with Crippen LogP contribution in [-0.2, 0) is 52.7 Å². The summed E-state index contributed by atoms with van der Waals surface area (Å²) in [6, 6.07) is -13.7. The summed E-state index contributed by atoms with van der Waals surface area (Å²) < 4.78 is 0. The van der Waals surface area contributed by atoms with Crippen LogP contribution in [0.4, 0.5) is 0 Å². The first kappa shape index (κ1) is 85.2. The summed E-state index contributed by atoms with van der Waals surface area (Å²) in [6.45, 7) is 33.5. The van der Waals surface area contributed by atoms with Gasteiger partial charge in [-0.25, -0.2) is 0 Å². The van der Waals surface area contributed by atoms with Gasteiger partial charge in [0.05, 0.1) is 6.10 Å². The van der Waals surface area contributed by atoms with Crippen molar-refractivity contribution in [3.8, 4) is 0 Å². The van der Waals surface area contributed by atoms with Gasteiger partial charge in [0.2, 0.25) is 65.0 Å². The van der Waals surface area contributed by atoms with Crippen LogP contribution in [0.15, 0.2) is 12.2 Å². The normalized spacial score (nSPS) is 26.5. The number of allylic oxidation sites excluding steroid dienone is 2. The van der Waals surface area contributed by atoms with Gasteiger partial charge in [0.15, 0.2) is 0 Å². The molecule has 1 fully saturated rings. The number of aliphatic hydroxyl groups excluding tert-OH is 1. The monoisotopic (exact) mass is 1330 g/mol. The molecule has 0 radical (unpaired) electrons. The molecule has 5 N–H and O–H groups in total. The lowest BCUT2D eigenvalue weighted by Gasteiger charge is -2.41. The zero-order valence-electron chi connectivity index (χ0n) is 61.6. The molecule has 1 rings (SSSR count). The molecule has 534 valence electrons. The van der Waals surface area contributed by atoms with Gasteiger partial charge < -0.3 is 65.6 Å². The molecule has 93 heavy (non-hydrogen) atoms. The van der Waals surface area contributed by atoms with Gasteiger partial charge in [-0.1, -0.05) is 116 Å². The third kappa shape index (κ3) is 24.7. The van der Waals surface area contributed by atoms with Crippen LogP contribution in [0.1, 0.15) is 163 Å². The average molecular weight is 1330 g/mol. The highest BCUT2D eigenvalue weighted by Crippen LogP contribution is 2.26. The Balaban J connectivity index is 4.54. The molecule has 0 aromatic carbocycles. The van der Waals surface area contributed by atoms with Crippen LogP contribution in [-0.4, -0.2) is 263 Å². The number of rotatable bonds is 21. The number of nitrogens with zero attached hydrogens (tertiary/aromatic N) is 8. The van der Waals surface area contributed by atoms with Crippen molar-refractivity contribution in [1.82, 2.24) is 60.5 Å². The highest BCUT2D eigenvalue weighted by molar-refractivity contribution is 7.99. The lowest BCUT2D eigenvalue weighted by atomic mass is 9.91. The van der Waals surface area contributed by atoms with Crippen LogP contribution in [0.3, 0.4) is 0 Å². The summed E-state index contributed by atoms with van der Waals surface area (Å²) in [5, 5.41) is 23.5. The molecule has 24 nitrogen and oxygen atoms in total. The molecule has 1 saturated heterocycles. The van der Waals surface area contributed by atoms with Gasteiger partial charge in [0.1, 0.15) is 66.5 Å². The maximum absolute atomic E-state index is 15.4. The van der Waals surface area contributed by atoms with E-state index in [2.05, 4.69) is 26.2 Å². The predicted molar refractivity (Wildman–Crippen MR) is 368 cm³/mol. The first-order valence-electron chi connectivity index (χ1n) is 33.7. The van der Waals surface area contributed by atoms with E-state index in [1.54, 1.807) is 47.6 Å². The number of carbonyl (C=O) groups is 11. The molecule has 11 amide bonds. The quantitative estimate of drug-likeness (QED) is 0.0791. The number of amides is 11. The SMILES string of the molecule is C/C=C/C[C@@H](C)[C@@H](O)[C@H]1C(=O)N[C@@H](CC)C(=O)N(C)[C@@H](CSCCN(C)CC)C(=O)N(C)[C@@H](CC(C)C)C(=O)N[C@@H](C(C)C)C(=O)N(C)[C@@H](CC(C)C)C(=O)N[C@@H](C)C(=O)N[C@H](C)C(=O)N(C)[C@@H](CC(C)C)C(=O)N(C)[C@@H](CC(C)C)C(=O)N(C)[C@@H](C(C)C)C(=O)N1C. The second kappa shape index (κ2) is 39.9. The molecule has 0 aliphatic carbocycles. The minimum Gasteiger partial charge on any atom is -0.390 e. The highest BCUT2D eigenvalue weighted by atomic mass is 32.2. The first-order valence-corrected chi connectivity index (χ1v) is 34.9. The Bertz CT molecular complexity index is 2510. The fraction of sp³-hybridized carbons (Fsp3) is 0.809. The molecule has 0 aromatic heterocycles. The van der Waals surface area contributed by atoms with E-state index in [4.69, 9.17) is 0 Å². The Hall–Kier alpha value is -5.82. The van der Waals surface area contributed by atoms with Crippen LogP contribution >= 0.6 is 11.8 Å². The number of hydrogen-bond acceptors (Lipinski definition) is 14. The Labute approximate surface area is 562 Å². The van der Waals surface area contributed by atoms with Gasteiger partial charge in [-0.2, -0.15) is 11.8 Å². The van der Waals surface area contributed by atoms with Gasteiger partial charge >= 0.3 is 0 Å². The van der Waals surface area contributed by atoms with E-state index in [0.29, 0.717) is 18.7 Å². The number of likely N-dealkylation sites (N-methyl/N-ethyl adjacent to an activating group) is 7. The van der Waals surface area contributed by atoms with E-state index < -0.39 is 155 Å². The zero-order chi connectivity index (χ0) is 72.0. The summed E-state index contributed by atoms with van der Waals surface area (Å²) in [6.07, 6.45) is 3.00. The minimum absolute atomic E-state index is 0.0101. The van der Waals surface area contributed by atoms with Crippen LogP contribution in [0.25, 0.3) is 0 Å².